The number of likely N-dealkylation sites (tertiary alicyclic amines) is 1. The van der Waals surface area contributed by atoms with Crippen LogP contribution in [0.15, 0.2) is 41.1 Å². The first kappa shape index (κ1) is 15.0. The van der Waals surface area contributed by atoms with Gasteiger partial charge in [0.15, 0.2) is 5.76 Å². The molecule has 1 atom stereocenters. The molecule has 0 radical (unpaired) electrons. The van der Waals surface area contributed by atoms with Crippen molar-refractivity contribution in [1.29, 1.82) is 0 Å². The van der Waals surface area contributed by atoms with Crippen molar-refractivity contribution in [3.8, 4) is 0 Å². The Morgan fingerprint density at radius 3 is 2.92 bits per heavy atom. The lowest BCUT2D eigenvalue weighted by Crippen LogP contribution is -2.40. The number of furan rings is 1. The van der Waals surface area contributed by atoms with E-state index in [4.69, 9.17) is 4.42 Å². The van der Waals surface area contributed by atoms with Crippen molar-refractivity contribution >= 4 is 16.9 Å². The van der Waals surface area contributed by atoms with Gasteiger partial charge in [-0.25, -0.2) is 0 Å². The van der Waals surface area contributed by atoms with Crippen molar-refractivity contribution in [2.75, 3.05) is 13.1 Å². The summed E-state index contributed by atoms with van der Waals surface area (Å²) in [6.07, 6.45) is 5.78. The maximum atomic E-state index is 13.0. The number of benzene rings is 1. The fourth-order valence-electron chi connectivity index (χ4n) is 3.58. The number of para-hydroxylation sites is 1. The zero-order chi connectivity index (χ0) is 16.7. The third-order valence-corrected chi connectivity index (χ3v) is 4.94. The topological polar surface area (TPSA) is 51.3 Å². The minimum absolute atomic E-state index is 0.0139. The van der Waals surface area contributed by atoms with Crippen LogP contribution < -0.4 is 0 Å². The molecular formula is C19H21N3O2. The van der Waals surface area contributed by atoms with Crippen molar-refractivity contribution in [2.24, 2.45) is 0 Å². The van der Waals surface area contributed by atoms with E-state index in [1.54, 1.807) is 6.20 Å². The molecule has 1 saturated heterocycles. The molecule has 1 aromatic carbocycles. The van der Waals surface area contributed by atoms with Gasteiger partial charge in [0.05, 0.1) is 6.04 Å². The summed E-state index contributed by atoms with van der Waals surface area (Å²) in [7, 11) is 0. The number of aryl methyl sites for hydroxylation is 2. The minimum Gasteiger partial charge on any atom is -0.450 e. The molecule has 3 heterocycles. The maximum Gasteiger partial charge on any atom is 0.289 e. The standard InChI is InChI=1S/C19H21N3O2/c1-13-6-3-8-16-14(2)18(24-17(13)16)19(23)21-10-4-7-15(12-21)22-11-5-9-20-22/h3,5-6,8-9,11,15H,4,7,10,12H2,1-2H3/t15-/m1/s1. The first-order valence-electron chi connectivity index (χ1n) is 8.42. The first-order valence-corrected chi connectivity index (χ1v) is 8.42. The molecule has 0 bridgehead atoms. The highest BCUT2D eigenvalue weighted by Crippen LogP contribution is 2.30. The predicted molar refractivity (Wildman–Crippen MR) is 92.1 cm³/mol. The Morgan fingerprint density at radius 1 is 1.29 bits per heavy atom. The third kappa shape index (κ3) is 2.40. The molecule has 5 nitrogen and oxygen atoms in total. The second kappa shape index (κ2) is 5.82. The van der Waals surface area contributed by atoms with Gasteiger partial charge in [0, 0.05) is 36.4 Å². The van der Waals surface area contributed by atoms with Crippen LogP contribution in [0.1, 0.15) is 40.6 Å². The van der Waals surface area contributed by atoms with Gasteiger partial charge in [-0.3, -0.25) is 9.48 Å². The van der Waals surface area contributed by atoms with Gasteiger partial charge < -0.3 is 9.32 Å². The fraction of sp³-hybridized carbons (Fsp3) is 0.368. The zero-order valence-corrected chi connectivity index (χ0v) is 14.0. The van der Waals surface area contributed by atoms with E-state index in [1.165, 1.54) is 0 Å². The molecule has 0 saturated carbocycles. The van der Waals surface area contributed by atoms with E-state index in [0.29, 0.717) is 12.3 Å². The molecule has 0 N–H and O–H groups in total. The Hall–Kier alpha value is -2.56. The van der Waals surface area contributed by atoms with Gasteiger partial charge in [0.2, 0.25) is 0 Å². The van der Waals surface area contributed by atoms with Crippen LogP contribution in [0.4, 0.5) is 0 Å². The second-order valence-corrected chi connectivity index (χ2v) is 6.54. The largest absolute Gasteiger partial charge is 0.450 e. The van der Waals surface area contributed by atoms with E-state index in [9.17, 15) is 4.79 Å². The lowest BCUT2D eigenvalue weighted by molar-refractivity contribution is 0.0642. The van der Waals surface area contributed by atoms with Crippen LogP contribution in [0.3, 0.4) is 0 Å². The van der Waals surface area contributed by atoms with Gasteiger partial charge in [-0.15, -0.1) is 0 Å². The van der Waals surface area contributed by atoms with Gasteiger partial charge in [0.1, 0.15) is 5.58 Å². The summed E-state index contributed by atoms with van der Waals surface area (Å²) in [5.74, 6) is 0.459. The molecule has 1 aliphatic heterocycles. The molecular weight excluding hydrogens is 302 g/mol. The summed E-state index contributed by atoms with van der Waals surface area (Å²) in [6, 6.07) is 8.19. The van der Waals surface area contributed by atoms with E-state index >= 15 is 0 Å². The van der Waals surface area contributed by atoms with E-state index in [1.807, 2.05) is 53.9 Å². The lowest BCUT2D eigenvalue weighted by atomic mass is 10.0. The summed E-state index contributed by atoms with van der Waals surface area (Å²) in [5, 5.41) is 5.35. The molecule has 3 aromatic rings. The number of carbonyl (C=O) groups excluding carboxylic acids is 1. The SMILES string of the molecule is Cc1c(C(=O)N2CCC[C@@H](n3cccn3)C2)oc2c(C)cccc12. The van der Waals surface area contributed by atoms with Crippen molar-refractivity contribution in [3.05, 3.63) is 53.5 Å². The molecule has 1 aliphatic rings. The van der Waals surface area contributed by atoms with Gasteiger partial charge in [-0.1, -0.05) is 18.2 Å². The molecule has 2 aromatic heterocycles. The second-order valence-electron chi connectivity index (χ2n) is 6.54. The van der Waals surface area contributed by atoms with Crippen LogP contribution in [0.5, 0.6) is 0 Å². The summed E-state index contributed by atoms with van der Waals surface area (Å²) < 4.78 is 7.91. The van der Waals surface area contributed by atoms with E-state index < -0.39 is 0 Å². The number of fused-ring (bicyclic) bond motifs is 1. The quantitative estimate of drug-likeness (QED) is 0.722. The smallest absolute Gasteiger partial charge is 0.289 e. The van der Waals surface area contributed by atoms with Gasteiger partial charge >= 0.3 is 0 Å². The van der Waals surface area contributed by atoms with Crippen LogP contribution in [-0.4, -0.2) is 33.7 Å². The number of piperidine rings is 1. The van der Waals surface area contributed by atoms with E-state index in [0.717, 1.165) is 41.5 Å². The molecule has 0 unspecified atom stereocenters. The van der Waals surface area contributed by atoms with E-state index in [-0.39, 0.29) is 11.9 Å². The highest BCUT2D eigenvalue weighted by molar-refractivity contribution is 5.99. The molecule has 4 rings (SSSR count). The number of hydrogen-bond acceptors (Lipinski definition) is 3. The van der Waals surface area contributed by atoms with Gasteiger partial charge in [-0.05, 0) is 38.3 Å². The van der Waals surface area contributed by atoms with Crippen molar-refractivity contribution in [2.45, 2.75) is 32.7 Å². The summed E-state index contributed by atoms with van der Waals surface area (Å²) >= 11 is 0. The molecule has 0 aliphatic carbocycles. The Morgan fingerprint density at radius 2 is 2.17 bits per heavy atom. The monoisotopic (exact) mass is 323 g/mol. The van der Waals surface area contributed by atoms with Gasteiger partial charge in [0.25, 0.3) is 5.91 Å². The maximum absolute atomic E-state index is 13.0. The number of carbonyl (C=O) groups is 1. The lowest BCUT2D eigenvalue weighted by Gasteiger charge is -2.32. The number of rotatable bonds is 2. The Kier molecular flexibility index (Phi) is 3.63. The number of amides is 1. The van der Waals surface area contributed by atoms with E-state index in [2.05, 4.69) is 5.10 Å². The van der Waals surface area contributed by atoms with Gasteiger partial charge in [-0.2, -0.15) is 5.10 Å². The summed E-state index contributed by atoms with van der Waals surface area (Å²) in [6.45, 7) is 5.42. The van der Waals surface area contributed by atoms with Crippen molar-refractivity contribution in [3.63, 3.8) is 0 Å². The zero-order valence-electron chi connectivity index (χ0n) is 14.0. The average Bonchev–Trinajstić information content (AvgIpc) is 3.24. The van der Waals surface area contributed by atoms with Crippen LogP contribution in [0, 0.1) is 13.8 Å². The summed E-state index contributed by atoms with van der Waals surface area (Å²) in [5.41, 5.74) is 2.81. The van der Waals surface area contributed by atoms with Crippen molar-refractivity contribution in [1.82, 2.24) is 14.7 Å². The Balaban J connectivity index is 1.64. The number of aromatic nitrogens is 2. The highest BCUT2D eigenvalue weighted by Gasteiger charge is 2.29. The normalized spacial score (nSPS) is 18.2. The Labute approximate surface area is 140 Å². The molecule has 1 amide bonds. The summed E-state index contributed by atoms with van der Waals surface area (Å²) in [4.78, 5) is 14.9. The van der Waals surface area contributed by atoms with Crippen LogP contribution in [0.25, 0.3) is 11.0 Å². The van der Waals surface area contributed by atoms with Crippen molar-refractivity contribution < 1.29 is 9.21 Å². The van der Waals surface area contributed by atoms with Crippen LogP contribution in [0.2, 0.25) is 0 Å². The van der Waals surface area contributed by atoms with Crippen LogP contribution in [-0.2, 0) is 0 Å². The average molecular weight is 323 g/mol. The van der Waals surface area contributed by atoms with Crippen LogP contribution >= 0.6 is 0 Å². The third-order valence-electron chi connectivity index (χ3n) is 4.94. The molecule has 24 heavy (non-hydrogen) atoms. The first-order chi connectivity index (χ1) is 11.6. The molecule has 124 valence electrons. The minimum atomic E-state index is -0.0139. The highest BCUT2D eigenvalue weighted by atomic mass is 16.3. The molecule has 5 heteroatoms. The molecule has 0 spiro atoms. The molecule has 1 fully saturated rings. The number of nitrogens with zero attached hydrogens (tertiary/aromatic N) is 3. The predicted octanol–water partition coefficient (Wildman–Crippen LogP) is 3.72. The number of hydrogen-bond donors (Lipinski definition) is 0. The fourth-order valence-corrected chi connectivity index (χ4v) is 3.58. The Bertz CT molecular complexity index is 880.